The van der Waals surface area contributed by atoms with Crippen molar-refractivity contribution in [3.8, 4) is 0 Å². The summed E-state index contributed by atoms with van der Waals surface area (Å²) in [6.07, 6.45) is 2.54. The number of para-hydroxylation sites is 1. The van der Waals surface area contributed by atoms with Crippen molar-refractivity contribution in [2.24, 2.45) is 0 Å². The Hall–Kier alpha value is -1.81. The van der Waals surface area contributed by atoms with Crippen molar-refractivity contribution in [3.63, 3.8) is 0 Å². The first-order valence-electron chi connectivity index (χ1n) is 7.62. The van der Waals surface area contributed by atoms with Crippen LogP contribution in [-0.2, 0) is 4.79 Å². The maximum absolute atomic E-state index is 12.2. The van der Waals surface area contributed by atoms with E-state index in [1.165, 1.54) is 0 Å². The summed E-state index contributed by atoms with van der Waals surface area (Å²) in [6, 6.07) is 16.5. The van der Waals surface area contributed by atoms with Gasteiger partial charge in [0.15, 0.2) is 0 Å². The Kier molecular flexibility index (Phi) is 4.48. The van der Waals surface area contributed by atoms with Gasteiger partial charge in [0.25, 0.3) is 0 Å². The highest BCUT2D eigenvalue weighted by Crippen LogP contribution is 2.39. The fraction of sp³-hybridized carbons (Fsp3) is 0.278. The van der Waals surface area contributed by atoms with Crippen LogP contribution in [0.3, 0.4) is 0 Å². The van der Waals surface area contributed by atoms with Crippen LogP contribution in [0.1, 0.15) is 26.2 Å². The van der Waals surface area contributed by atoms with Gasteiger partial charge in [-0.15, -0.1) is 0 Å². The number of benzene rings is 2. The Labute approximate surface area is 139 Å². The van der Waals surface area contributed by atoms with Crippen LogP contribution in [0, 0.1) is 0 Å². The average molecular weight is 359 g/mol. The molecule has 0 aliphatic carbocycles. The van der Waals surface area contributed by atoms with E-state index in [-0.39, 0.29) is 11.9 Å². The van der Waals surface area contributed by atoms with Gasteiger partial charge in [-0.1, -0.05) is 47.5 Å². The van der Waals surface area contributed by atoms with Crippen molar-refractivity contribution in [2.75, 3.05) is 10.2 Å². The molecule has 2 aromatic rings. The van der Waals surface area contributed by atoms with Crippen LogP contribution in [-0.4, -0.2) is 11.9 Å². The number of carbonyl (C=O) groups is 1. The fourth-order valence-electron chi connectivity index (χ4n) is 3.02. The predicted molar refractivity (Wildman–Crippen MR) is 94.7 cm³/mol. The molecule has 1 atom stereocenters. The molecular weight excluding hydrogens is 340 g/mol. The normalized spacial score (nSPS) is 17.6. The summed E-state index contributed by atoms with van der Waals surface area (Å²) >= 11 is 3.55. The van der Waals surface area contributed by atoms with Gasteiger partial charge in [0.05, 0.1) is 11.4 Å². The molecular formula is C18H19BrN2O. The van der Waals surface area contributed by atoms with Gasteiger partial charge in [0.2, 0.25) is 5.91 Å². The molecule has 4 heteroatoms. The van der Waals surface area contributed by atoms with Gasteiger partial charge in [0.1, 0.15) is 0 Å². The summed E-state index contributed by atoms with van der Waals surface area (Å²) in [4.78, 5) is 14.5. The van der Waals surface area contributed by atoms with E-state index in [1.807, 2.05) is 30.3 Å². The summed E-state index contributed by atoms with van der Waals surface area (Å²) in [5.41, 5.74) is 3.04. The third kappa shape index (κ3) is 3.02. The smallest absolute Gasteiger partial charge is 0.226 e. The van der Waals surface area contributed by atoms with Crippen LogP contribution >= 0.6 is 15.9 Å². The minimum atomic E-state index is 0.0838. The molecule has 1 aliphatic rings. The Balaban J connectivity index is 2.15. The quantitative estimate of drug-likeness (QED) is 0.827. The lowest BCUT2D eigenvalue weighted by Crippen LogP contribution is -2.32. The maximum atomic E-state index is 12.2. The summed E-state index contributed by atoms with van der Waals surface area (Å²) in [5, 5.41) is 3.04. The lowest BCUT2D eigenvalue weighted by molar-refractivity contribution is -0.116. The lowest BCUT2D eigenvalue weighted by Gasteiger charge is -2.32. The number of anilines is 3. The van der Waals surface area contributed by atoms with E-state index in [0.717, 1.165) is 34.4 Å². The van der Waals surface area contributed by atoms with Crippen LogP contribution in [0.2, 0.25) is 0 Å². The van der Waals surface area contributed by atoms with Crippen molar-refractivity contribution in [2.45, 2.75) is 32.2 Å². The molecule has 0 saturated heterocycles. The molecule has 3 nitrogen and oxygen atoms in total. The van der Waals surface area contributed by atoms with Crippen molar-refractivity contribution < 1.29 is 4.79 Å². The molecule has 0 radical (unpaired) electrons. The molecule has 0 saturated carbocycles. The monoisotopic (exact) mass is 358 g/mol. The molecule has 0 spiro atoms. The fourth-order valence-corrected chi connectivity index (χ4v) is 3.36. The van der Waals surface area contributed by atoms with E-state index in [0.29, 0.717) is 6.42 Å². The van der Waals surface area contributed by atoms with Gasteiger partial charge < -0.3 is 10.2 Å². The van der Waals surface area contributed by atoms with Gasteiger partial charge in [-0.3, -0.25) is 4.79 Å². The summed E-state index contributed by atoms with van der Waals surface area (Å²) in [5.74, 6) is 0.0838. The molecule has 1 N–H and O–H groups in total. The van der Waals surface area contributed by atoms with Crippen LogP contribution in [0.5, 0.6) is 0 Å². The first-order chi connectivity index (χ1) is 10.7. The molecule has 0 bridgehead atoms. The lowest BCUT2D eigenvalue weighted by atomic mass is 10.0. The van der Waals surface area contributed by atoms with Gasteiger partial charge in [-0.05, 0) is 36.8 Å². The standard InChI is InChI=1S/C18H19BrN2O/c1-2-6-15-12-18(22)20-16-10-9-13(19)11-17(16)21(15)14-7-4-3-5-8-14/h3-5,7-11,15H,2,6,12H2,1H3,(H,20,22). The number of hydrogen-bond donors (Lipinski definition) is 1. The zero-order chi connectivity index (χ0) is 15.5. The number of carbonyl (C=O) groups excluding carboxylic acids is 1. The Morgan fingerprint density at radius 2 is 2.00 bits per heavy atom. The van der Waals surface area contributed by atoms with E-state index >= 15 is 0 Å². The van der Waals surface area contributed by atoms with E-state index in [9.17, 15) is 4.79 Å². The predicted octanol–water partition coefficient (Wildman–Crippen LogP) is 5.10. The molecule has 3 rings (SSSR count). The third-order valence-electron chi connectivity index (χ3n) is 3.94. The Morgan fingerprint density at radius 3 is 2.73 bits per heavy atom. The molecule has 1 amide bonds. The van der Waals surface area contributed by atoms with E-state index < -0.39 is 0 Å². The molecule has 0 aromatic heterocycles. The van der Waals surface area contributed by atoms with Crippen LogP contribution in [0.25, 0.3) is 0 Å². The van der Waals surface area contributed by atoms with Crippen LogP contribution in [0.15, 0.2) is 53.0 Å². The second kappa shape index (κ2) is 6.53. The number of rotatable bonds is 3. The highest BCUT2D eigenvalue weighted by molar-refractivity contribution is 9.10. The number of amides is 1. The topological polar surface area (TPSA) is 32.3 Å². The summed E-state index contributed by atoms with van der Waals surface area (Å²) in [6.45, 7) is 2.16. The summed E-state index contributed by atoms with van der Waals surface area (Å²) in [7, 11) is 0. The highest BCUT2D eigenvalue weighted by Gasteiger charge is 2.28. The highest BCUT2D eigenvalue weighted by atomic mass is 79.9. The summed E-state index contributed by atoms with van der Waals surface area (Å²) < 4.78 is 1.01. The minimum Gasteiger partial charge on any atom is -0.336 e. The third-order valence-corrected chi connectivity index (χ3v) is 4.43. The SMILES string of the molecule is CCCC1CC(=O)Nc2ccc(Br)cc2N1c1ccccc1. The van der Waals surface area contributed by atoms with Gasteiger partial charge >= 0.3 is 0 Å². The van der Waals surface area contributed by atoms with Gasteiger partial charge in [-0.25, -0.2) is 0 Å². The van der Waals surface area contributed by atoms with Gasteiger partial charge in [-0.2, -0.15) is 0 Å². The molecule has 2 aromatic carbocycles. The molecule has 1 heterocycles. The number of nitrogens with one attached hydrogen (secondary N) is 1. The van der Waals surface area contributed by atoms with Crippen molar-refractivity contribution in [1.29, 1.82) is 0 Å². The van der Waals surface area contributed by atoms with E-state index in [4.69, 9.17) is 0 Å². The molecule has 1 aliphatic heterocycles. The van der Waals surface area contributed by atoms with Crippen molar-refractivity contribution in [1.82, 2.24) is 0 Å². The molecule has 22 heavy (non-hydrogen) atoms. The van der Waals surface area contributed by atoms with Crippen LogP contribution < -0.4 is 10.2 Å². The molecule has 1 unspecified atom stereocenters. The first-order valence-corrected chi connectivity index (χ1v) is 8.42. The second-order valence-electron chi connectivity index (χ2n) is 5.56. The van der Waals surface area contributed by atoms with Gasteiger partial charge in [0, 0.05) is 22.6 Å². The van der Waals surface area contributed by atoms with Crippen molar-refractivity contribution >= 4 is 38.9 Å². The largest absolute Gasteiger partial charge is 0.336 e. The van der Waals surface area contributed by atoms with E-state index in [2.05, 4.69) is 51.3 Å². The number of halogens is 1. The number of hydrogen-bond acceptors (Lipinski definition) is 2. The minimum absolute atomic E-state index is 0.0838. The van der Waals surface area contributed by atoms with Crippen molar-refractivity contribution in [3.05, 3.63) is 53.0 Å². The van der Waals surface area contributed by atoms with E-state index in [1.54, 1.807) is 0 Å². The molecule has 114 valence electrons. The molecule has 0 fully saturated rings. The maximum Gasteiger partial charge on any atom is 0.226 e. The number of fused-ring (bicyclic) bond motifs is 1. The zero-order valence-corrected chi connectivity index (χ0v) is 14.1. The van der Waals surface area contributed by atoms with Crippen LogP contribution in [0.4, 0.5) is 17.1 Å². The first kappa shape index (κ1) is 15.1. The zero-order valence-electron chi connectivity index (χ0n) is 12.6. The Morgan fingerprint density at radius 1 is 1.23 bits per heavy atom. The number of nitrogens with zero attached hydrogens (tertiary/aromatic N) is 1. The average Bonchev–Trinajstić information content (AvgIpc) is 2.64. The second-order valence-corrected chi connectivity index (χ2v) is 6.48. The Bertz CT molecular complexity index is 672.